The molecule has 0 radical (unpaired) electrons. The highest BCUT2D eigenvalue weighted by atomic mass is 79.9. The number of methoxy groups -OCH3 is 2. The van der Waals surface area contributed by atoms with E-state index in [-0.39, 0.29) is 0 Å². The summed E-state index contributed by atoms with van der Waals surface area (Å²) < 4.78 is 11.4. The van der Waals surface area contributed by atoms with Crippen LogP contribution < -0.4 is 15.0 Å². The Balaban J connectivity index is 1.90. The van der Waals surface area contributed by atoms with Gasteiger partial charge in [0.05, 0.1) is 25.3 Å². The van der Waals surface area contributed by atoms with E-state index in [1.165, 1.54) is 0 Å². The monoisotopic (exact) mass is 351 g/mol. The largest absolute Gasteiger partial charge is 0.493 e. The molecule has 2 aromatic carbocycles. The van der Waals surface area contributed by atoms with Crippen LogP contribution in [0.25, 0.3) is 0 Å². The van der Waals surface area contributed by atoms with Crippen LogP contribution in [0.15, 0.2) is 46.9 Å². The van der Waals surface area contributed by atoms with E-state index in [0.717, 1.165) is 15.6 Å². The van der Waals surface area contributed by atoms with E-state index in [9.17, 15) is 0 Å². The van der Waals surface area contributed by atoms with Gasteiger partial charge < -0.3 is 9.47 Å². The van der Waals surface area contributed by atoms with Crippen LogP contribution >= 0.6 is 15.9 Å². The molecule has 0 aliphatic carbocycles. The quantitative estimate of drug-likeness (QED) is 0.610. The lowest BCUT2D eigenvalue weighted by Crippen LogP contribution is -2.14. The first-order chi connectivity index (χ1) is 10.2. The molecule has 0 bridgehead atoms. The van der Waals surface area contributed by atoms with Crippen molar-refractivity contribution < 1.29 is 14.3 Å². The van der Waals surface area contributed by atoms with Gasteiger partial charge in [-0.2, -0.15) is 5.48 Å². The van der Waals surface area contributed by atoms with Crippen molar-refractivity contribution >= 4 is 15.9 Å². The molecule has 0 saturated heterocycles. The highest BCUT2D eigenvalue weighted by molar-refractivity contribution is 9.10. The van der Waals surface area contributed by atoms with Gasteiger partial charge in [0.15, 0.2) is 11.5 Å². The van der Waals surface area contributed by atoms with E-state index in [4.69, 9.17) is 14.3 Å². The van der Waals surface area contributed by atoms with Crippen molar-refractivity contribution in [2.75, 3.05) is 14.2 Å². The highest BCUT2D eigenvalue weighted by Crippen LogP contribution is 2.36. The summed E-state index contributed by atoms with van der Waals surface area (Å²) in [7, 11) is 3.23. The molecule has 0 saturated carbocycles. The average Bonchev–Trinajstić information content (AvgIpc) is 2.52. The minimum Gasteiger partial charge on any atom is -0.493 e. The molecular weight excluding hydrogens is 334 g/mol. The van der Waals surface area contributed by atoms with Crippen molar-refractivity contribution in [3.8, 4) is 11.5 Å². The molecule has 2 rings (SSSR count). The zero-order valence-electron chi connectivity index (χ0n) is 12.1. The van der Waals surface area contributed by atoms with Gasteiger partial charge in [0.2, 0.25) is 0 Å². The fourth-order valence-electron chi connectivity index (χ4n) is 1.92. The first kappa shape index (κ1) is 15.8. The summed E-state index contributed by atoms with van der Waals surface area (Å²) in [4.78, 5) is 5.46. The number of benzene rings is 2. The Morgan fingerprint density at radius 2 is 1.76 bits per heavy atom. The zero-order valence-corrected chi connectivity index (χ0v) is 13.6. The Labute approximate surface area is 133 Å². The molecule has 2 aromatic rings. The van der Waals surface area contributed by atoms with Crippen LogP contribution in [-0.2, 0) is 18.0 Å². The van der Waals surface area contributed by atoms with Gasteiger partial charge in [0, 0.05) is 6.54 Å². The van der Waals surface area contributed by atoms with Crippen LogP contribution in [0, 0.1) is 0 Å². The molecule has 0 unspecified atom stereocenters. The number of hydrogen-bond acceptors (Lipinski definition) is 4. The molecule has 0 aromatic heterocycles. The van der Waals surface area contributed by atoms with Gasteiger partial charge in [-0.15, -0.1) is 0 Å². The Morgan fingerprint density at radius 3 is 2.43 bits per heavy atom. The second-order valence-electron chi connectivity index (χ2n) is 4.41. The Kier molecular flexibility index (Phi) is 6.04. The van der Waals surface area contributed by atoms with Gasteiger partial charge in [-0.1, -0.05) is 30.3 Å². The van der Waals surface area contributed by atoms with Crippen LogP contribution in [0.2, 0.25) is 0 Å². The normalized spacial score (nSPS) is 10.4. The van der Waals surface area contributed by atoms with Gasteiger partial charge in [0.1, 0.15) is 0 Å². The minimum absolute atomic E-state index is 0.523. The number of hydroxylamine groups is 1. The maximum atomic E-state index is 5.46. The molecule has 0 fully saturated rings. The third-order valence-corrected chi connectivity index (χ3v) is 3.54. The molecule has 1 N–H and O–H groups in total. The van der Waals surface area contributed by atoms with E-state index < -0.39 is 0 Å². The summed E-state index contributed by atoms with van der Waals surface area (Å²) in [6.07, 6.45) is 0. The van der Waals surface area contributed by atoms with Crippen molar-refractivity contribution in [2.45, 2.75) is 13.2 Å². The van der Waals surface area contributed by atoms with Crippen LogP contribution in [0.1, 0.15) is 11.1 Å². The SMILES string of the molecule is COc1cc(CNOCc2ccccc2)cc(Br)c1OC. The molecular formula is C16H18BrNO3. The fraction of sp³-hybridized carbons (Fsp3) is 0.250. The van der Waals surface area contributed by atoms with Gasteiger partial charge >= 0.3 is 0 Å². The topological polar surface area (TPSA) is 39.7 Å². The van der Waals surface area contributed by atoms with E-state index in [1.54, 1.807) is 14.2 Å². The molecule has 0 spiro atoms. The third kappa shape index (κ3) is 4.46. The Bertz CT molecular complexity index is 575. The minimum atomic E-state index is 0.523. The molecule has 0 aliphatic rings. The van der Waals surface area contributed by atoms with Gasteiger partial charge in [-0.25, -0.2) is 0 Å². The summed E-state index contributed by atoms with van der Waals surface area (Å²) in [6, 6.07) is 13.9. The molecule has 0 heterocycles. The number of rotatable bonds is 7. The number of nitrogens with one attached hydrogen (secondary N) is 1. The Morgan fingerprint density at radius 1 is 1.00 bits per heavy atom. The van der Waals surface area contributed by atoms with Gasteiger partial charge in [0.25, 0.3) is 0 Å². The number of hydrogen-bond donors (Lipinski definition) is 1. The van der Waals surface area contributed by atoms with Crippen molar-refractivity contribution in [1.29, 1.82) is 0 Å². The summed E-state index contributed by atoms with van der Waals surface area (Å²) >= 11 is 3.47. The van der Waals surface area contributed by atoms with E-state index in [2.05, 4.69) is 21.4 Å². The molecule has 21 heavy (non-hydrogen) atoms. The maximum Gasteiger partial charge on any atom is 0.174 e. The first-order valence-corrected chi connectivity index (χ1v) is 7.33. The second kappa shape index (κ2) is 8.02. The second-order valence-corrected chi connectivity index (χ2v) is 5.26. The first-order valence-electron chi connectivity index (χ1n) is 6.53. The summed E-state index contributed by atoms with van der Waals surface area (Å²) in [5.74, 6) is 1.37. The van der Waals surface area contributed by atoms with Gasteiger partial charge in [-0.05, 0) is 39.2 Å². The summed E-state index contributed by atoms with van der Waals surface area (Å²) in [5.41, 5.74) is 5.11. The molecule has 5 heteroatoms. The van der Waals surface area contributed by atoms with Crippen molar-refractivity contribution in [3.63, 3.8) is 0 Å². The lowest BCUT2D eigenvalue weighted by molar-refractivity contribution is 0.0234. The van der Waals surface area contributed by atoms with Crippen molar-refractivity contribution in [3.05, 3.63) is 58.1 Å². The maximum absolute atomic E-state index is 5.46. The fourth-order valence-corrected chi connectivity index (χ4v) is 2.57. The lowest BCUT2D eigenvalue weighted by Gasteiger charge is -2.12. The smallest absolute Gasteiger partial charge is 0.174 e. The molecule has 4 nitrogen and oxygen atoms in total. The van der Waals surface area contributed by atoms with Crippen molar-refractivity contribution in [1.82, 2.24) is 5.48 Å². The summed E-state index contributed by atoms with van der Waals surface area (Å²) in [6.45, 7) is 1.10. The predicted octanol–water partition coefficient (Wildman–Crippen LogP) is 3.69. The predicted molar refractivity (Wildman–Crippen MR) is 85.3 cm³/mol. The molecule has 112 valence electrons. The highest BCUT2D eigenvalue weighted by Gasteiger charge is 2.10. The number of halogens is 1. The van der Waals surface area contributed by atoms with E-state index in [1.807, 2.05) is 42.5 Å². The van der Waals surface area contributed by atoms with E-state index >= 15 is 0 Å². The molecule has 0 atom stereocenters. The zero-order chi connectivity index (χ0) is 15.1. The van der Waals surface area contributed by atoms with Gasteiger partial charge in [-0.3, -0.25) is 4.84 Å². The third-order valence-electron chi connectivity index (χ3n) is 2.95. The van der Waals surface area contributed by atoms with Crippen molar-refractivity contribution in [2.24, 2.45) is 0 Å². The Hall–Kier alpha value is -1.56. The molecule has 0 amide bonds. The standard InChI is InChI=1S/C16H18BrNO3/c1-19-15-9-13(8-14(17)16(15)20-2)10-18-21-11-12-6-4-3-5-7-12/h3-9,18H,10-11H2,1-2H3. The van der Waals surface area contributed by atoms with E-state index in [0.29, 0.717) is 24.7 Å². The van der Waals surface area contributed by atoms with Crippen LogP contribution in [0.4, 0.5) is 0 Å². The lowest BCUT2D eigenvalue weighted by atomic mass is 10.2. The van der Waals surface area contributed by atoms with Crippen LogP contribution in [0.3, 0.4) is 0 Å². The van der Waals surface area contributed by atoms with Crippen LogP contribution in [-0.4, -0.2) is 14.2 Å². The summed E-state index contributed by atoms with van der Waals surface area (Å²) in [5, 5.41) is 0. The van der Waals surface area contributed by atoms with Crippen LogP contribution in [0.5, 0.6) is 11.5 Å². The molecule has 0 aliphatic heterocycles. The average molecular weight is 352 g/mol. The number of ether oxygens (including phenoxy) is 2.